The number of hydrogen-bond donors (Lipinski definition) is 1. The minimum atomic E-state index is -0.372. The number of nitrogens with zero attached hydrogens (tertiary/aromatic N) is 4. The van der Waals surface area contributed by atoms with Gasteiger partial charge in [-0.25, -0.2) is 0 Å². The van der Waals surface area contributed by atoms with Crippen LogP contribution in [-0.2, 0) is 32.6 Å². The Morgan fingerprint density at radius 1 is 1.31 bits per heavy atom. The van der Waals surface area contributed by atoms with Gasteiger partial charge >= 0.3 is 5.97 Å². The third-order valence-electron chi connectivity index (χ3n) is 4.49. The molecule has 1 aromatic heterocycles. The fraction of sp³-hybridized carbons (Fsp3) is 0.421. The number of anilines is 2. The summed E-state index contributed by atoms with van der Waals surface area (Å²) in [6.07, 6.45) is 0.245. The van der Waals surface area contributed by atoms with Crippen molar-refractivity contribution >= 4 is 40.9 Å². The van der Waals surface area contributed by atoms with Gasteiger partial charge in [0.05, 0.1) is 23.7 Å². The van der Waals surface area contributed by atoms with Crippen LogP contribution in [0.4, 0.5) is 11.4 Å². The number of fused-ring (bicyclic) bond motifs is 1. The van der Waals surface area contributed by atoms with E-state index < -0.39 is 0 Å². The lowest BCUT2D eigenvalue weighted by molar-refractivity contribution is -0.142. The molecule has 1 atom stereocenters. The molecule has 0 saturated carbocycles. The standard InChI is InChI=1S/C19H23N5O4S/c1-4-28-18(27)10-15-21-22-19(23(15)3)29-11-17(26)24-12(2)9-16(25)20-13-7-5-6-8-14(13)24/h5-8,12H,4,9-11H2,1-3H3,(H,20,25)/t12-/m1/s1. The molecule has 154 valence electrons. The Kier molecular flexibility index (Phi) is 6.53. The summed E-state index contributed by atoms with van der Waals surface area (Å²) in [7, 11) is 1.74. The van der Waals surface area contributed by atoms with Crippen molar-refractivity contribution in [2.24, 2.45) is 7.05 Å². The maximum absolute atomic E-state index is 13.0. The smallest absolute Gasteiger partial charge is 0.313 e. The number of benzene rings is 1. The number of para-hydroxylation sites is 2. The molecular formula is C19H23N5O4S. The number of carbonyl (C=O) groups is 3. The molecule has 1 aliphatic rings. The monoisotopic (exact) mass is 417 g/mol. The number of esters is 1. The highest BCUT2D eigenvalue weighted by atomic mass is 32.2. The molecule has 2 heterocycles. The molecule has 0 unspecified atom stereocenters. The lowest BCUT2D eigenvalue weighted by atomic mass is 10.2. The van der Waals surface area contributed by atoms with Crippen molar-refractivity contribution in [3.8, 4) is 0 Å². The molecule has 0 bridgehead atoms. The number of ether oxygens (including phenoxy) is 1. The van der Waals surface area contributed by atoms with Crippen LogP contribution in [0.3, 0.4) is 0 Å². The van der Waals surface area contributed by atoms with Crippen molar-refractivity contribution < 1.29 is 19.1 Å². The molecule has 2 aromatic rings. The zero-order valence-corrected chi connectivity index (χ0v) is 17.4. The molecule has 29 heavy (non-hydrogen) atoms. The molecule has 10 heteroatoms. The van der Waals surface area contributed by atoms with Crippen molar-refractivity contribution in [3.63, 3.8) is 0 Å². The van der Waals surface area contributed by atoms with Crippen molar-refractivity contribution in [1.29, 1.82) is 0 Å². The van der Waals surface area contributed by atoms with Gasteiger partial charge in [-0.15, -0.1) is 10.2 Å². The van der Waals surface area contributed by atoms with Gasteiger partial charge in [0, 0.05) is 19.5 Å². The summed E-state index contributed by atoms with van der Waals surface area (Å²) in [6.45, 7) is 3.90. The van der Waals surface area contributed by atoms with Crippen molar-refractivity contribution in [2.75, 3.05) is 22.6 Å². The molecule has 0 saturated heterocycles. The molecule has 1 aliphatic heterocycles. The van der Waals surface area contributed by atoms with Gasteiger partial charge in [0.2, 0.25) is 11.8 Å². The number of carbonyl (C=O) groups excluding carboxylic acids is 3. The number of hydrogen-bond acceptors (Lipinski definition) is 7. The van der Waals surface area contributed by atoms with Crippen LogP contribution in [0.15, 0.2) is 29.4 Å². The molecule has 1 N–H and O–H groups in total. The first-order valence-corrected chi connectivity index (χ1v) is 10.3. The maximum Gasteiger partial charge on any atom is 0.313 e. The third-order valence-corrected chi connectivity index (χ3v) is 5.49. The molecule has 0 fully saturated rings. The van der Waals surface area contributed by atoms with E-state index >= 15 is 0 Å². The highest BCUT2D eigenvalue weighted by Crippen LogP contribution is 2.32. The first kappa shape index (κ1) is 20.8. The first-order chi connectivity index (χ1) is 13.9. The summed E-state index contributed by atoms with van der Waals surface area (Å²) in [5, 5.41) is 11.5. The zero-order chi connectivity index (χ0) is 21.0. The van der Waals surface area contributed by atoms with Gasteiger partial charge in [-0.05, 0) is 26.0 Å². The topological polar surface area (TPSA) is 106 Å². The van der Waals surface area contributed by atoms with Crippen LogP contribution in [0.5, 0.6) is 0 Å². The quantitative estimate of drug-likeness (QED) is 0.564. The molecule has 9 nitrogen and oxygen atoms in total. The van der Waals surface area contributed by atoms with Crippen LogP contribution in [0.25, 0.3) is 0 Å². The molecular weight excluding hydrogens is 394 g/mol. The highest BCUT2D eigenvalue weighted by molar-refractivity contribution is 7.99. The molecule has 2 amide bonds. The summed E-state index contributed by atoms with van der Waals surface area (Å²) in [5.74, 6) is -0.0335. The Morgan fingerprint density at radius 3 is 2.83 bits per heavy atom. The average molecular weight is 417 g/mol. The average Bonchev–Trinajstić information content (AvgIpc) is 2.94. The van der Waals surface area contributed by atoms with E-state index in [2.05, 4.69) is 15.5 Å². The van der Waals surface area contributed by atoms with E-state index in [-0.39, 0.29) is 42.4 Å². The van der Waals surface area contributed by atoms with Crippen LogP contribution in [0.1, 0.15) is 26.1 Å². The summed E-state index contributed by atoms with van der Waals surface area (Å²) in [5.41, 5.74) is 1.30. The molecule has 1 aromatic carbocycles. The van der Waals surface area contributed by atoms with Gasteiger partial charge in [0.25, 0.3) is 0 Å². The van der Waals surface area contributed by atoms with Gasteiger partial charge in [0.1, 0.15) is 12.2 Å². The van der Waals surface area contributed by atoms with Gasteiger partial charge in [-0.3, -0.25) is 14.4 Å². The summed E-state index contributed by atoms with van der Waals surface area (Å²) in [4.78, 5) is 38.4. The number of rotatable bonds is 6. The second kappa shape index (κ2) is 9.08. The van der Waals surface area contributed by atoms with E-state index in [0.29, 0.717) is 29.0 Å². The Labute approximate surface area is 172 Å². The van der Waals surface area contributed by atoms with Gasteiger partial charge in [0.15, 0.2) is 5.16 Å². The largest absolute Gasteiger partial charge is 0.466 e. The van der Waals surface area contributed by atoms with Crippen LogP contribution in [0.2, 0.25) is 0 Å². The molecule has 0 aliphatic carbocycles. The minimum Gasteiger partial charge on any atom is -0.466 e. The lowest BCUT2D eigenvalue weighted by Crippen LogP contribution is -2.40. The predicted octanol–water partition coefficient (Wildman–Crippen LogP) is 1.78. The Bertz CT molecular complexity index is 929. The number of nitrogens with one attached hydrogen (secondary N) is 1. The van der Waals surface area contributed by atoms with E-state index in [4.69, 9.17) is 4.74 Å². The zero-order valence-electron chi connectivity index (χ0n) is 16.5. The fourth-order valence-corrected chi connectivity index (χ4v) is 3.92. The van der Waals surface area contributed by atoms with Crippen LogP contribution in [0, 0.1) is 0 Å². The second-order valence-corrected chi connectivity index (χ2v) is 7.55. The second-order valence-electron chi connectivity index (χ2n) is 6.61. The Hall–Kier alpha value is -2.88. The van der Waals surface area contributed by atoms with Crippen LogP contribution < -0.4 is 10.2 Å². The van der Waals surface area contributed by atoms with E-state index in [1.165, 1.54) is 11.8 Å². The van der Waals surface area contributed by atoms with E-state index in [0.717, 1.165) is 0 Å². The number of amides is 2. The molecule has 0 spiro atoms. The Morgan fingerprint density at radius 2 is 2.07 bits per heavy atom. The fourth-order valence-electron chi connectivity index (χ4n) is 3.13. The SMILES string of the molecule is CCOC(=O)Cc1nnc(SCC(=O)N2c3ccccc3NC(=O)C[C@H]2C)n1C. The van der Waals surface area contributed by atoms with Gasteiger partial charge < -0.3 is 19.5 Å². The van der Waals surface area contributed by atoms with Crippen molar-refractivity contribution in [2.45, 2.75) is 37.9 Å². The normalized spacial score (nSPS) is 16.0. The number of thioether (sulfide) groups is 1. The molecule has 0 radical (unpaired) electrons. The minimum absolute atomic E-state index is 0.0240. The predicted molar refractivity (Wildman–Crippen MR) is 109 cm³/mol. The van der Waals surface area contributed by atoms with Crippen molar-refractivity contribution in [1.82, 2.24) is 14.8 Å². The van der Waals surface area contributed by atoms with Crippen molar-refractivity contribution in [3.05, 3.63) is 30.1 Å². The summed E-state index contributed by atoms with van der Waals surface area (Å²) >= 11 is 1.24. The summed E-state index contributed by atoms with van der Waals surface area (Å²) in [6, 6.07) is 6.98. The van der Waals surface area contributed by atoms with Crippen LogP contribution >= 0.6 is 11.8 Å². The lowest BCUT2D eigenvalue weighted by Gasteiger charge is -2.27. The van der Waals surface area contributed by atoms with E-state index in [1.807, 2.05) is 25.1 Å². The third kappa shape index (κ3) is 4.76. The number of aromatic nitrogens is 3. The maximum atomic E-state index is 13.0. The summed E-state index contributed by atoms with van der Waals surface area (Å²) < 4.78 is 6.61. The van der Waals surface area contributed by atoms with E-state index in [1.54, 1.807) is 29.5 Å². The van der Waals surface area contributed by atoms with E-state index in [9.17, 15) is 14.4 Å². The molecule has 3 rings (SSSR count). The first-order valence-electron chi connectivity index (χ1n) is 9.28. The van der Waals surface area contributed by atoms with Crippen LogP contribution in [-0.4, -0.2) is 50.9 Å². The van der Waals surface area contributed by atoms with Gasteiger partial charge in [-0.2, -0.15) is 0 Å². The Balaban J connectivity index is 1.72. The van der Waals surface area contributed by atoms with Gasteiger partial charge in [-0.1, -0.05) is 23.9 Å². The highest BCUT2D eigenvalue weighted by Gasteiger charge is 2.29.